The third-order valence-corrected chi connectivity index (χ3v) is 8.53. The smallest absolute Gasteiger partial charge is 0.264 e. The van der Waals surface area contributed by atoms with Crippen molar-refractivity contribution < 1.29 is 13.2 Å². The van der Waals surface area contributed by atoms with Crippen LogP contribution in [-0.2, 0) is 27.7 Å². The Morgan fingerprint density at radius 2 is 1.71 bits per heavy atom. The normalized spacial score (nSPS) is 13.9. The van der Waals surface area contributed by atoms with Crippen molar-refractivity contribution in [1.29, 1.82) is 0 Å². The largest absolute Gasteiger partial charge is 0.348 e. The second-order valence-corrected chi connectivity index (χ2v) is 11.2. The van der Waals surface area contributed by atoms with E-state index >= 15 is 0 Å². The maximum Gasteiger partial charge on any atom is 0.264 e. The molecule has 1 amide bonds. The number of hydrogen-bond donors (Lipinski definition) is 1. The summed E-state index contributed by atoms with van der Waals surface area (Å²) in [5.74, 6) is -0.389. The van der Waals surface area contributed by atoms with Crippen LogP contribution in [0.2, 0.25) is 5.02 Å². The monoisotopic (exact) mass is 496 g/mol. The number of nitrogens with one attached hydrogen (secondary N) is 1. The summed E-state index contributed by atoms with van der Waals surface area (Å²) in [6.45, 7) is 5.29. The Morgan fingerprint density at radius 1 is 1.00 bits per heavy atom. The minimum Gasteiger partial charge on any atom is -0.348 e. The minimum atomic E-state index is -3.99. The van der Waals surface area contributed by atoms with E-state index in [4.69, 9.17) is 11.6 Å². The molecule has 178 valence electrons. The molecule has 5 nitrogen and oxygen atoms in total. The predicted molar refractivity (Wildman–Crippen MR) is 137 cm³/mol. The van der Waals surface area contributed by atoms with Crippen molar-refractivity contribution in [2.45, 2.75) is 51.0 Å². The van der Waals surface area contributed by atoms with Gasteiger partial charge in [0.15, 0.2) is 0 Å². The van der Waals surface area contributed by atoms with Gasteiger partial charge in [0.25, 0.3) is 10.0 Å². The third kappa shape index (κ3) is 5.13. The SMILES string of the molecule is Cc1ccc(S(=O)(=O)N(CC(=O)N[C@H](C)c2ccc3c(c2)CCC3)c2ccc(C)c(Cl)c2)cc1. The van der Waals surface area contributed by atoms with Crippen molar-refractivity contribution in [1.82, 2.24) is 5.32 Å². The van der Waals surface area contributed by atoms with Gasteiger partial charge in [0.05, 0.1) is 16.6 Å². The van der Waals surface area contributed by atoms with Crippen LogP contribution < -0.4 is 9.62 Å². The van der Waals surface area contributed by atoms with Gasteiger partial charge < -0.3 is 5.32 Å². The summed E-state index contributed by atoms with van der Waals surface area (Å²) in [5.41, 5.74) is 5.83. The maximum absolute atomic E-state index is 13.6. The Morgan fingerprint density at radius 3 is 2.41 bits per heavy atom. The highest BCUT2D eigenvalue weighted by atomic mass is 35.5. The van der Waals surface area contributed by atoms with Gasteiger partial charge >= 0.3 is 0 Å². The Balaban J connectivity index is 1.60. The van der Waals surface area contributed by atoms with E-state index in [-0.39, 0.29) is 23.4 Å². The Kier molecular flexibility index (Phi) is 7.01. The second-order valence-electron chi connectivity index (χ2n) is 8.93. The fourth-order valence-electron chi connectivity index (χ4n) is 4.25. The first-order valence-electron chi connectivity index (χ1n) is 11.4. The highest BCUT2D eigenvalue weighted by Gasteiger charge is 2.28. The number of rotatable bonds is 7. The fraction of sp³-hybridized carbons (Fsp3) is 0.296. The van der Waals surface area contributed by atoms with Crippen LogP contribution in [0.1, 0.15) is 47.2 Å². The van der Waals surface area contributed by atoms with E-state index in [0.29, 0.717) is 10.7 Å². The van der Waals surface area contributed by atoms with Gasteiger partial charge in [-0.1, -0.05) is 53.6 Å². The molecule has 0 aliphatic heterocycles. The van der Waals surface area contributed by atoms with Crippen LogP contribution in [0.5, 0.6) is 0 Å². The molecule has 3 aromatic rings. The van der Waals surface area contributed by atoms with Gasteiger partial charge in [-0.2, -0.15) is 0 Å². The molecule has 1 N–H and O–H groups in total. The standard InChI is InChI=1S/C27H29ClN2O3S/c1-18-7-13-25(14-8-18)34(32,33)30(24-12-9-19(2)26(28)16-24)17-27(31)29-20(3)22-11-10-21-5-4-6-23(21)15-22/h7-16,20H,4-6,17H2,1-3H3,(H,29,31)/t20-/m1/s1. The molecule has 3 aromatic carbocycles. The topological polar surface area (TPSA) is 66.5 Å². The number of carbonyl (C=O) groups is 1. The molecule has 1 atom stereocenters. The van der Waals surface area contributed by atoms with Crippen LogP contribution in [0, 0.1) is 13.8 Å². The molecule has 34 heavy (non-hydrogen) atoms. The fourth-order valence-corrected chi connectivity index (χ4v) is 5.84. The molecule has 0 heterocycles. The quantitative estimate of drug-likeness (QED) is 0.468. The summed E-state index contributed by atoms with van der Waals surface area (Å²) >= 11 is 6.30. The maximum atomic E-state index is 13.6. The zero-order valence-corrected chi connectivity index (χ0v) is 21.2. The molecule has 0 radical (unpaired) electrons. The highest BCUT2D eigenvalue weighted by Crippen LogP contribution is 2.29. The van der Waals surface area contributed by atoms with Gasteiger partial charge in [-0.25, -0.2) is 8.42 Å². The van der Waals surface area contributed by atoms with Crippen LogP contribution >= 0.6 is 11.6 Å². The van der Waals surface area contributed by atoms with Gasteiger partial charge in [-0.3, -0.25) is 9.10 Å². The van der Waals surface area contributed by atoms with E-state index in [0.717, 1.165) is 40.3 Å². The Bertz CT molecular complexity index is 1320. The van der Waals surface area contributed by atoms with Crippen LogP contribution in [0.3, 0.4) is 0 Å². The lowest BCUT2D eigenvalue weighted by Gasteiger charge is -2.25. The zero-order valence-electron chi connectivity index (χ0n) is 19.6. The number of amides is 1. The highest BCUT2D eigenvalue weighted by molar-refractivity contribution is 7.92. The molecule has 0 bridgehead atoms. The first-order valence-corrected chi connectivity index (χ1v) is 13.2. The molecule has 1 aliphatic carbocycles. The summed E-state index contributed by atoms with van der Waals surface area (Å²) in [6, 6.07) is 17.7. The number of sulfonamides is 1. The molecule has 0 unspecified atom stereocenters. The number of aryl methyl sites for hydroxylation is 4. The van der Waals surface area contributed by atoms with Crippen molar-refractivity contribution >= 4 is 33.2 Å². The van der Waals surface area contributed by atoms with Gasteiger partial charge in [0, 0.05) is 5.02 Å². The van der Waals surface area contributed by atoms with Gasteiger partial charge in [-0.15, -0.1) is 0 Å². The van der Waals surface area contributed by atoms with Crippen LogP contribution in [-0.4, -0.2) is 20.9 Å². The average molecular weight is 497 g/mol. The summed E-state index contributed by atoms with van der Waals surface area (Å²) in [4.78, 5) is 13.2. The molecule has 0 fully saturated rings. The lowest BCUT2D eigenvalue weighted by molar-refractivity contribution is -0.120. The van der Waals surface area contributed by atoms with E-state index in [2.05, 4.69) is 17.4 Å². The van der Waals surface area contributed by atoms with E-state index < -0.39 is 10.0 Å². The molecule has 0 aromatic heterocycles. The lowest BCUT2D eigenvalue weighted by atomic mass is 10.0. The molecule has 0 saturated heterocycles. The first kappa shape index (κ1) is 24.3. The molecule has 1 aliphatic rings. The molecule has 0 spiro atoms. The number of fused-ring (bicyclic) bond motifs is 1. The summed E-state index contributed by atoms with van der Waals surface area (Å²) in [7, 11) is -3.99. The molecular weight excluding hydrogens is 468 g/mol. The molecule has 4 rings (SSSR count). The number of nitrogens with zero attached hydrogens (tertiary/aromatic N) is 1. The van der Waals surface area contributed by atoms with Gasteiger partial charge in [0.1, 0.15) is 6.54 Å². The van der Waals surface area contributed by atoms with Crippen molar-refractivity contribution in [2.24, 2.45) is 0 Å². The average Bonchev–Trinajstić information content (AvgIpc) is 3.27. The number of halogens is 1. The minimum absolute atomic E-state index is 0.120. The molecule has 0 saturated carbocycles. The van der Waals surface area contributed by atoms with Crippen LogP contribution in [0.15, 0.2) is 65.6 Å². The number of carbonyl (C=O) groups excluding carboxylic acids is 1. The zero-order chi connectivity index (χ0) is 24.5. The third-order valence-electron chi connectivity index (χ3n) is 6.34. The number of hydrogen-bond acceptors (Lipinski definition) is 3. The van der Waals surface area contributed by atoms with Crippen molar-refractivity contribution in [2.75, 3.05) is 10.8 Å². The Hall–Kier alpha value is -2.83. The Labute approximate surface area is 206 Å². The molecule has 7 heteroatoms. The van der Waals surface area contributed by atoms with Crippen molar-refractivity contribution in [3.8, 4) is 0 Å². The number of anilines is 1. The number of benzene rings is 3. The summed E-state index contributed by atoms with van der Waals surface area (Å²) < 4.78 is 28.2. The molecular formula is C27H29ClN2O3S. The second kappa shape index (κ2) is 9.80. The summed E-state index contributed by atoms with van der Waals surface area (Å²) in [5, 5.41) is 3.41. The van der Waals surface area contributed by atoms with E-state index in [1.165, 1.54) is 11.1 Å². The van der Waals surface area contributed by atoms with Gasteiger partial charge in [0.2, 0.25) is 5.91 Å². The first-order chi connectivity index (χ1) is 16.1. The lowest BCUT2D eigenvalue weighted by Crippen LogP contribution is -2.41. The van der Waals surface area contributed by atoms with Gasteiger partial charge in [-0.05, 0) is 86.6 Å². The summed E-state index contributed by atoms with van der Waals surface area (Å²) in [6.07, 6.45) is 3.31. The van der Waals surface area contributed by atoms with E-state index in [1.807, 2.05) is 26.8 Å². The van der Waals surface area contributed by atoms with Crippen LogP contribution in [0.4, 0.5) is 5.69 Å². The van der Waals surface area contributed by atoms with E-state index in [9.17, 15) is 13.2 Å². The van der Waals surface area contributed by atoms with Crippen molar-refractivity contribution in [3.05, 3.63) is 93.5 Å². The van der Waals surface area contributed by atoms with Crippen molar-refractivity contribution in [3.63, 3.8) is 0 Å². The van der Waals surface area contributed by atoms with Crippen LogP contribution in [0.25, 0.3) is 0 Å². The predicted octanol–water partition coefficient (Wildman–Crippen LogP) is 5.52. The van der Waals surface area contributed by atoms with E-state index in [1.54, 1.807) is 42.5 Å².